The van der Waals surface area contributed by atoms with Gasteiger partial charge in [-0.05, 0) is 28.9 Å². The van der Waals surface area contributed by atoms with E-state index in [-0.39, 0.29) is 0 Å². The number of hydrogen-bond acceptors (Lipinski definition) is 3. The lowest BCUT2D eigenvalue weighted by atomic mass is 10.1. The van der Waals surface area contributed by atoms with Crippen molar-refractivity contribution in [2.24, 2.45) is 5.73 Å². The van der Waals surface area contributed by atoms with Crippen LogP contribution in [0.2, 0.25) is 0 Å². The van der Waals surface area contributed by atoms with Crippen LogP contribution in [0.1, 0.15) is 11.1 Å². The molecular formula is C10H14BrNO2. The molecular weight excluding hydrogens is 246 g/mol. The molecule has 0 fully saturated rings. The number of hydrogen-bond donors (Lipinski definition) is 1. The Balaban J connectivity index is 3.39. The number of benzene rings is 1. The van der Waals surface area contributed by atoms with Gasteiger partial charge in [-0.3, -0.25) is 0 Å². The van der Waals surface area contributed by atoms with E-state index in [2.05, 4.69) is 15.9 Å². The Morgan fingerprint density at radius 2 is 1.86 bits per heavy atom. The van der Waals surface area contributed by atoms with Crippen molar-refractivity contribution in [2.45, 2.75) is 13.5 Å². The summed E-state index contributed by atoms with van der Waals surface area (Å²) in [6.45, 7) is 2.40. The van der Waals surface area contributed by atoms with Gasteiger partial charge in [0.15, 0.2) is 0 Å². The van der Waals surface area contributed by atoms with Crippen LogP contribution in [0, 0.1) is 6.92 Å². The van der Waals surface area contributed by atoms with Gasteiger partial charge in [0, 0.05) is 17.7 Å². The minimum atomic E-state index is 0.451. The van der Waals surface area contributed by atoms with Crippen LogP contribution in [0.3, 0.4) is 0 Å². The predicted molar refractivity (Wildman–Crippen MR) is 59.9 cm³/mol. The van der Waals surface area contributed by atoms with Gasteiger partial charge in [-0.25, -0.2) is 0 Å². The van der Waals surface area contributed by atoms with Crippen LogP contribution in [-0.4, -0.2) is 14.2 Å². The fourth-order valence-corrected chi connectivity index (χ4v) is 2.23. The zero-order chi connectivity index (χ0) is 10.7. The van der Waals surface area contributed by atoms with Crippen LogP contribution < -0.4 is 15.2 Å². The average Bonchev–Trinajstić information content (AvgIpc) is 2.17. The summed E-state index contributed by atoms with van der Waals surface area (Å²) >= 11 is 3.43. The van der Waals surface area contributed by atoms with Gasteiger partial charge in [0.05, 0.1) is 18.7 Å². The Labute approximate surface area is 92.3 Å². The van der Waals surface area contributed by atoms with Gasteiger partial charge < -0.3 is 15.2 Å². The molecule has 0 atom stereocenters. The molecule has 0 saturated heterocycles. The Hall–Kier alpha value is -0.740. The average molecular weight is 260 g/mol. The maximum Gasteiger partial charge on any atom is 0.139 e. The van der Waals surface area contributed by atoms with Gasteiger partial charge in [0.2, 0.25) is 0 Å². The van der Waals surface area contributed by atoms with E-state index < -0.39 is 0 Å². The summed E-state index contributed by atoms with van der Waals surface area (Å²) < 4.78 is 11.4. The number of ether oxygens (including phenoxy) is 2. The lowest BCUT2D eigenvalue weighted by Crippen LogP contribution is -2.03. The second-order valence-corrected chi connectivity index (χ2v) is 3.77. The highest BCUT2D eigenvalue weighted by molar-refractivity contribution is 9.10. The van der Waals surface area contributed by atoms with Crippen molar-refractivity contribution < 1.29 is 9.47 Å². The van der Waals surface area contributed by atoms with Crippen molar-refractivity contribution in [1.29, 1.82) is 0 Å². The topological polar surface area (TPSA) is 44.5 Å². The van der Waals surface area contributed by atoms with Crippen LogP contribution in [0.15, 0.2) is 10.5 Å². The molecule has 0 amide bonds. The first-order valence-corrected chi connectivity index (χ1v) is 5.05. The van der Waals surface area contributed by atoms with E-state index in [1.54, 1.807) is 14.2 Å². The summed E-state index contributed by atoms with van der Waals surface area (Å²) in [5.74, 6) is 1.59. The highest BCUT2D eigenvalue weighted by Gasteiger charge is 2.13. The first-order chi connectivity index (χ1) is 6.65. The maximum absolute atomic E-state index is 5.61. The van der Waals surface area contributed by atoms with E-state index in [0.717, 1.165) is 27.1 Å². The molecule has 0 spiro atoms. The minimum Gasteiger partial charge on any atom is -0.496 e. The van der Waals surface area contributed by atoms with Crippen LogP contribution in [-0.2, 0) is 6.54 Å². The van der Waals surface area contributed by atoms with Crippen molar-refractivity contribution >= 4 is 15.9 Å². The molecule has 0 aliphatic carbocycles. The zero-order valence-electron chi connectivity index (χ0n) is 8.56. The summed E-state index contributed by atoms with van der Waals surface area (Å²) in [5, 5.41) is 0. The minimum absolute atomic E-state index is 0.451. The van der Waals surface area contributed by atoms with Gasteiger partial charge in [0.25, 0.3) is 0 Å². The summed E-state index contributed by atoms with van der Waals surface area (Å²) in [6.07, 6.45) is 0. The molecule has 0 radical (unpaired) electrons. The highest BCUT2D eigenvalue weighted by Crippen LogP contribution is 2.37. The molecule has 0 heterocycles. The van der Waals surface area contributed by atoms with E-state index in [0.29, 0.717) is 6.54 Å². The largest absolute Gasteiger partial charge is 0.496 e. The van der Waals surface area contributed by atoms with E-state index in [1.165, 1.54) is 0 Å². The van der Waals surface area contributed by atoms with Crippen LogP contribution in [0.5, 0.6) is 11.5 Å². The molecule has 0 aliphatic rings. The highest BCUT2D eigenvalue weighted by atomic mass is 79.9. The van der Waals surface area contributed by atoms with Crippen molar-refractivity contribution in [2.75, 3.05) is 14.2 Å². The summed E-state index contributed by atoms with van der Waals surface area (Å²) in [6, 6.07) is 1.92. The van der Waals surface area contributed by atoms with Crippen molar-refractivity contribution in [1.82, 2.24) is 0 Å². The van der Waals surface area contributed by atoms with Crippen LogP contribution in [0.25, 0.3) is 0 Å². The predicted octanol–water partition coefficient (Wildman–Crippen LogP) is 2.23. The lowest BCUT2D eigenvalue weighted by Gasteiger charge is -2.15. The first-order valence-electron chi connectivity index (χ1n) is 4.25. The quantitative estimate of drug-likeness (QED) is 0.906. The molecule has 0 unspecified atom stereocenters. The smallest absolute Gasteiger partial charge is 0.139 e. The molecule has 4 heteroatoms. The van der Waals surface area contributed by atoms with E-state index >= 15 is 0 Å². The molecule has 1 rings (SSSR count). The second-order valence-electron chi connectivity index (χ2n) is 2.91. The van der Waals surface area contributed by atoms with Crippen LogP contribution in [0.4, 0.5) is 0 Å². The number of nitrogens with two attached hydrogens (primary N) is 1. The molecule has 1 aromatic carbocycles. The van der Waals surface area contributed by atoms with Gasteiger partial charge >= 0.3 is 0 Å². The fourth-order valence-electron chi connectivity index (χ4n) is 1.49. The normalized spacial score (nSPS) is 10.1. The van der Waals surface area contributed by atoms with E-state index in [1.807, 2.05) is 13.0 Å². The van der Waals surface area contributed by atoms with Crippen molar-refractivity contribution in [3.8, 4) is 11.5 Å². The van der Waals surface area contributed by atoms with E-state index in [4.69, 9.17) is 15.2 Å². The van der Waals surface area contributed by atoms with Gasteiger partial charge in [-0.2, -0.15) is 0 Å². The number of rotatable bonds is 3. The van der Waals surface area contributed by atoms with E-state index in [9.17, 15) is 0 Å². The lowest BCUT2D eigenvalue weighted by molar-refractivity contribution is 0.384. The molecule has 3 nitrogen and oxygen atoms in total. The zero-order valence-corrected chi connectivity index (χ0v) is 10.1. The molecule has 78 valence electrons. The van der Waals surface area contributed by atoms with Gasteiger partial charge in [0.1, 0.15) is 11.5 Å². The Morgan fingerprint density at radius 1 is 1.29 bits per heavy atom. The second kappa shape index (κ2) is 4.66. The molecule has 0 aromatic heterocycles. The Kier molecular flexibility index (Phi) is 3.77. The molecule has 0 saturated carbocycles. The third kappa shape index (κ3) is 1.86. The van der Waals surface area contributed by atoms with Crippen molar-refractivity contribution in [3.63, 3.8) is 0 Å². The summed E-state index contributed by atoms with van der Waals surface area (Å²) in [7, 11) is 3.27. The standard InChI is InChI=1S/C10H14BrNO2/c1-6-9(13-2)7(5-12)4-8(11)10(6)14-3/h4H,5,12H2,1-3H3. The SMILES string of the molecule is COc1c(Br)cc(CN)c(OC)c1C. The van der Waals surface area contributed by atoms with Crippen molar-refractivity contribution in [3.05, 3.63) is 21.7 Å². The van der Waals surface area contributed by atoms with Gasteiger partial charge in [-0.1, -0.05) is 0 Å². The third-order valence-electron chi connectivity index (χ3n) is 2.12. The number of halogens is 1. The Bertz CT molecular complexity index is 339. The third-order valence-corrected chi connectivity index (χ3v) is 2.71. The molecule has 0 aliphatic heterocycles. The first kappa shape index (κ1) is 11.3. The molecule has 1 aromatic rings. The fraction of sp³-hybridized carbons (Fsp3) is 0.400. The number of methoxy groups -OCH3 is 2. The molecule has 2 N–H and O–H groups in total. The molecule has 14 heavy (non-hydrogen) atoms. The molecule has 0 bridgehead atoms. The summed E-state index contributed by atoms with van der Waals surface area (Å²) in [4.78, 5) is 0. The maximum atomic E-state index is 5.61. The van der Waals surface area contributed by atoms with Crippen LogP contribution >= 0.6 is 15.9 Å². The summed E-state index contributed by atoms with van der Waals surface area (Å²) in [5.41, 5.74) is 7.55. The Morgan fingerprint density at radius 3 is 2.29 bits per heavy atom. The monoisotopic (exact) mass is 259 g/mol. The van der Waals surface area contributed by atoms with Gasteiger partial charge in [-0.15, -0.1) is 0 Å².